The summed E-state index contributed by atoms with van der Waals surface area (Å²) in [5.41, 5.74) is 2.64. The van der Waals surface area contributed by atoms with Gasteiger partial charge in [-0.15, -0.1) is 0 Å². The number of pyridine rings is 1. The second-order valence-corrected chi connectivity index (χ2v) is 5.18. The minimum Gasteiger partial charge on any atom is -0.381 e. The van der Waals surface area contributed by atoms with Gasteiger partial charge in [-0.3, -0.25) is 9.55 Å². The number of para-hydroxylation sites is 1. The lowest BCUT2D eigenvalue weighted by molar-refractivity contribution is 0.0698. The normalized spacial score (nSPS) is 17.0. The third kappa shape index (κ3) is 1.67. The van der Waals surface area contributed by atoms with Crippen LogP contribution in [0.4, 0.5) is 0 Å². The van der Waals surface area contributed by atoms with Crippen molar-refractivity contribution in [1.82, 2.24) is 14.5 Å². The summed E-state index contributed by atoms with van der Waals surface area (Å²) in [5, 5.41) is 1.02. The average molecular weight is 269 g/mol. The molecule has 0 bridgehead atoms. The maximum absolute atomic E-state index is 12.3. The summed E-state index contributed by atoms with van der Waals surface area (Å²) in [4.78, 5) is 19.6. The molecule has 0 amide bonds. The van der Waals surface area contributed by atoms with Crippen molar-refractivity contribution in [3.63, 3.8) is 0 Å². The van der Waals surface area contributed by atoms with Gasteiger partial charge in [0.1, 0.15) is 0 Å². The number of fused-ring (bicyclic) bond motifs is 3. The Hall–Kier alpha value is -2.14. The standard InChI is InChI=1S/C15H15N3O2/c19-15-17-13-9-16-12-4-2-1-3-11(12)14(13)18(15)10-5-7-20-8-6-10/h1-4,9-10H,5-8H2,(H,17,19). The zero-order valence-corrected chi connectivity index (χ0v) is 11.0. The third-order valence-corrected chi connectivity index (χ3v) is 4.00. The molecule has 102 valence electrons. The van der Waals surface area contributed by atoms with Gasteiger partial charge in [0, 0.05) is 24.6 Å². The smallest absolute Gasteiger partial charge is 0.326 e. The quantitative estimate of drug-likeness (QED) is 0.737. The Morgan fingerprint density at radius 2 is 2.05 bits per heavy atom. The van der Waals surface area contributed by atoms with E-state index in [0.29, 0.717) is 13.2 Å². The number of H-pyrrole nitrogens is 1. The molecule has 0 aliphatic carbocycles. The summed E-state index contributed by atoms with van der Waals surface area (Å²) < 4.78 is 7.29. The second kappa shape index (κ2) is 4.45. The van der Waals surface area contributed by atoms with Gasteiger partial charge in [-0.1, -0.05) is 18.2 Å². The van der Waals surface area contributed by atoms with Crippen molar-refractivity contribution in [3.05, 3.63) is 40.9 Å². The van der Waals surface area contributed by atoms with Crippen LogP contribution in [-0.4, -0.2) is 27.7 Å². The van der Waals surface area contributed by atoms with E-state index in [1.165, 1.54) is 0 Å². The number of aromatic amines is 1. The molecule has 0 saturated carbocycles. The molecule has 0 atom stereocenters. The number of benzene rings is 1. The zero-order chi connectivity index (χ0) is 13.5. The van der Waals surface area contributed by atoms with E-state index >= 15 is 0 Å². The Labute approximate surface area is 115 Å². The minimum absolute atomic E-state index is 0.0509. The van der Waals surface area contributed by atoms with E-state index in [0.717, 1.165) is 34.8 Å². The Morgan fingerprint density at radius 1 is 1.25 bits per heavy atom. The maximum atomic E-state index is 12.3. The van der Waals surface area contributed by atoms with E-state index in [9.17, 15) is 4.79 Å². The highest BCUT2D eigenvalue weighted by Gasteiger charge is 2.21. The van der Waals surface area contributed by atoms with E-state index in [1.54, 1.807) is 6.20 Å². The molecule has 3 aromatic rings. The first kappa shape index (κ1) is 11.7. The summed E-state index contributed by atoms with van der Waals surface area (Å²) in [6, 6.07) is 8.14. The Kier molecular flexibility index (Phi) is 2.60. The molecular formula is C15H15N3O2. The van der Waals surface area contributed by atoms with Crippen LogP contribution in [0.25, 0.3) is 21.9 Å². The van der Waals surface area contributed by atoms with E-state index in [1.807, 2.05) is 28.8 Å². The van der Waals surface area contributed by atoms with Crippen LogP contribution in [0.2, 0.25) is 0 Å². The molecule has 1 aliphatic heterocycles. The Morgan fingerprint density at radius 3 is 2.90 bits per heavy atom. The summed E-state index contributed by atoms with van der Waals surface area (Å²) >= 11 is 0. The number of rotatable bonds is 1. The number of nitrogens with one attached hydrogen (secondary N) is 1. The first-order valence-electron chi connectivity index (χ1n) is 6.90. The molecule has 5 nitrogen and oxygen atoms in total. The van der Waals surface area contributed by atoms with Gasteiger partial charge >= 0.3 is 5.69 Å². The van der Waals surface area contributed by atoms with Crippen LogP contribution in [-0.2, 0) is 4.74 Å². The Balaban J connectivity index is 2.05. The lowest BCUT2D eigenvalue weighted by atomic mass is 10.1. The SMILES string of the molecule is O=c1[nH]c2cnc3ccccc3c2n1C1CCOCC1. The molecule has 0 radical (unpaired) electrons. The van der Waals surface area contributed by atoms with Crippen LogP contribution in [0, 0.1) is 0 Å². The predicted molar refractivity (Wildman–Crippen MR) is 76.9 cm³/mol. The van der Waals surface area contributed by atoms with Crippen LogP contribution in [0.15, 0.2) is 35.3 Å². The van der Waals surface area contributed by atoms with Crippen molar-refractivity contribution in [3.8, 4) is 0 Å². The Bertz CT molecular complexity index is 828. The van der Waals surface area contributed by atoms with Gasteiger partial charge in [0.15, 0.2) is 0 Å². The number of hydrogen-bond donors (Lipinski definition) is 1. The highest BCUT2D eigenvalue weighted by molar-refractivity contribution is 6.01. The molecule has 1 aromatic carbocycles. The largest absolute Gasteiger partial charge is 0.381 e. The summed E-state index contributed by atoms with van der Waals surface area (Å²) in [6.45, 7) is 1.43. The van der Waals surface area contributed by atoms with Gasteiger partial charge in [-0.2, -0.15) is 0 Å². The summed E-state index contributed by atoms with van der Waals surface area (Å²) in [7, 11) is 0. The highest BCUT2D eigenvalue weighted by Crippen LogP contribution is 2.27. The van der Waals surface area contributed by atoms with Crippen molar-refractivity contribution in [1.29, 1.82) is 0 Å². The highest BCUT2D eigenvalue weighted by atomic mass is 16.5. The number of nitrogens with zero attached hydrogens (tertiary/aromatic N) is 2. The van der Waals surface area contributed by atoms with E-state index in [2.05, 4.69) is 9.97 Å². The number of imidazole rings is 1. The lowest BCUT2D eigenvalue weighted by Crippen LogP contribution is -2.27. The molecule has 0 unspecified atom stereocenters. The first-order chi connectivity index (χ1) is 9.84. The molecule has 1 N–H and O–H groups in total. The predicted octanol–water partition coefficient (Wildman–Crippen LogP) is 2.23. The van der Waals surface area contributed by atoms with Gasteiger partial charge < -0.3 is 9.72 Å². The molecule has 1 aliphatic rings. The number of aromatic nitrogens is 3. The van der Waals surface area contributed by atoms with E-state index in [4.69, 9.17) is 4.74 Å². The molecule has 4 rings (SSSR count). The third-order valence-electron chi connectivity index (χ3n) is 4.00. The topological polar surface area (TPSA) is 59.9 Å². The monoisotopic (exact) mass is 269 g/mol. The van der Waals surface area contributed by atoms with Gasteiger partial charge in [0.2, 0.25) is 0 Å². The van der Waals surface area contributed by atoms with Crippen molar-refractivity contribution in [2.75, 3.05) is 13.2 Å². The van der Waals surface area contributed by atoms with Gasteiger partial charge in [0.25, 0.3) is 0 Å². The van der Waals surface area contributed by atoms with Crippen LogP contribution < -0.4 is 5.69 Å². The van der Waals surface area contributed by atoms with Crippen LogP contribution >= 0.6 is 0 Å². The zero-order valence-electron chi connectivity index (χ0n) is 11.0. The fourth-order valence-corrected chi connectivity index (χ4v) is 3.05. The molecule has 1 fully saturated rings. The van der Waals surface area contributed by atoms with Gasteiger partial charge in [-0.25, -0.2) is 4.79 Å². The summed E-state index contributed by atoms with van der Waals surface area (Å²) in [5.74, 6) is 0. The van der Waals surface area contributed by atoms with E-state index in [-0.39, 0.29) is 11.7 Å². The van der Waals surface area contributed by atoms with Gasteiger partial charge in [-0.05, 0) is 18.9 Å². The van der Waals surface area contributed by atoms with Crippen molar-refractivity contribution >= 4 is 21.9 Å². The number of hydrogen-bond acceptors (Lipinski definition) is 3. The molecule has 20 heavy (non-hydrogen) atoms. The minimum atomic E-state index is -0.0509. The second-order valence-electron chi connectivity index (χ2n) is 5.18. The molecule has 0 spiro atoms. The van der Waals surface area contributed by atoms with Crippen molar-refractivity contribution in [2.24, 2.45) is 0 Å². The lowest BCUT2D eigenvalue weighted by Gasteiger charge is -2.23. The average Bonchev–Trinajstić information content (AvgIpc) is 2.84. The molecule has 2 aromatic heterocycles. The summed E-state index contributed by atoms with van der Waals surface area (Å²) in [6.07, 6.45) is 3.50. The van der Waals surface area contributed by atoms with Crippen molar-refractivity contribution < 1.29 is 4.74 Å². The molecule has 5 heteroatoms. The fourth-order valence-electron chi connectivity index (χ4n) is 3.05. The fraction of sp³-hybridized carbons (Fsp3) is 0.333. The molecule has 3 heterocycles. The van der Waals surface area contributed by atoms with E-state index < -0.39 is 0 Å². The molecular weight excluding hydrogens is 254 g/mol. The van der Waals surface area contributed by atoms with Crippen LogP contribution in [0.3, 0.4) is 0 Å². The number of ether oxygens (including phenoxy) is 1. The first-order valence-corrected chi connectivity index (χ1v) is 6.90. The molecule has 1 saturated heterocycles. The van der Waals surface area contributed by atoms with Gasteiger partial charge in [0.05, 0.1) is 22.7 Å². The van der Waals surface area contributed by atoms with Crippen LogP contribution in [0.5, 0.6) is 0 Å². The van der Waals surface area contributed by atoms with Crippen LogP contribution in [0.1, 0.15) is 18.9 Å². The van der Waals surface area contributed by atoms with Crippen molar-refractivity contribution in [2.45, 2.75) is 18.9 Å². The maximum Gasteiger partial charge on any atom is 0.326 e.